The summed E-state index contributed by atoms with van der Waals surface area (Å²) in [7, 11) is -3.62. The molecule has 0 fully saturated rings. The molecule has 1 N–H and O–H groups in total. The first kappa shape index (κ1) is 21.2. The number of carbonyl (C=O) groups is 1. The van der Waals surface area contributed by atoms with Crippen molar-refractivity contribution >= 4 is 33.2 Å². The summed E-state index contributed by atoms with van der Waals surface area (Å²) in [5.74, 6) is -0.00650. The molecule has 2 rings (SSSR count). The molecule has 0 aromatic heterocycles. The molecule has 0 saturated carbocycles. The van der Waals surface area contributed by atoms with E-state index in [0.717, 1.165) is 0 Å². The minimum atomic E-state index is -3.62. The summed E-state index contributed by atoms with van der Waals surface area (Å²) in [6, 6.07) is 11.6. The van der Waals surface area contributed by atoms with Gasteiger partial charge in [0.2, 0.25) is 10.0 Å². The largest absolute Gasteiger partial charge is 0.482 e. The maximum absolute atomic E-state index is 12.8. The lowest BCUT2D eigenvalue weighted by atomic mass is 10.2. The molecule has 0 bridgehead atoms. The van der Waals surface area contributed by atoms with Gasteiger partial charge in [-0.3, -0.25) is 4.79 Å². The van der Waals surface area contributed by atoms with Crippen molar-refractivity contribution in [2.45, 2.75) is 25.7 Å². The third-order valence-electron chi connectivity index (χ3n) is 3.99. The number of amides is 1. The number of nitrogens with zero attached hydrogens (tertiary/aromatic N) is 1. The maximum atomic E-state index is 12.8. The second kappa shape index (κ2) is 9.21. The van der Waals surface area contributed by atoms with Gasteiger partial charge in [0.15, 0.2) is 6.61 Å². The Morgan fingerprint density at radius 1 is 1.15 bits per heavy atom. The SMILES string of the molecule is CCN(CC)S(=O)(=O)c1cc(NC(=O)COc2ccccc2Cl)ccc1C. The van der Waals surface area contributed by atoms with E-state index in [2.05, 4.69) is 5.32 Å². The van der Waals surface area contributed by atoms with Gasteiger partial charge >= 0.3 is 0 Å². The number of sulfonamides is 1. The first-order valence-corrected chi connectivity index (χ1v) is 10.4. The van der Waals surface area contributed by atoms with Gasteiger partial charge in [0.05, 0.1) is 9.92 Å². The minimum Gasteiger partial charge on any atom is -0.482 e. The smallest absolute Gasteiger partial charge is 0.262 e. The van der Waals surface area contributed by atoms with Crippen LogP contribution in [0.1, 0.15) is 19.4 Å². The Morgan fingerprint density at radius 3 is 2.44 bits per heavy atom. The average Bonchev–Trinajstić information content (AvgIpc) is 2.63. The molecule has 0 aliphatic carbocycles. The van der Waals surface area contributed by atoms with Crippen LogP contribution >= 0.6 is 11.6 Å². The molecular weight excluding hydrogens is 388 g/mol. The molecular formula is C19H23ClN2O4S. The van der Waals surface area contributed by atoms with Crippen molar-refractivity contribution < 1.29 is 17.9 Å². The zero-order valence-corrected chi connectivity index (χ0v) is 17.1. The Balaban J connectivity index is 2.13. The van der Waals surface area contributed by atoms with Crippen molar-refractivity contribution in [1.29, 1.82) is 0 Å². The molecule has 0 heterocycles. The van der Waals surface area contributed by atoms with Crippen molar-refractivity contribution in [2.75, 3.05) is 25.0 Å². The first-order valence-electron chi connectivity index (χ1n) is 8.57. The predicted molar refractivity (Wildman–Crippen MR) is 107 cm³/mol. The fourth-order valence-corrected chi connectivity index (χ4v) is 4.46. The predicted octanol–water partition coefficient (Wildman–Crippen LogP) is 3.70. The molecule has 8 heteroatoms. The summed E-state index contributed by atoms with van der Waals surface area (Å²) in [5.41, 5.74) is 1.01. The fourth-order valence-electron chi connectivity index (χ4n) is 2.56. The summed E-state index contributed by atoms with van der Waals surface area (Å²) in [4.78, 5) is 12.3. The van der Waals surface area contributed by atoms with Gasteiger partial charge in [0, 0.05) is 18.8 Å². The standard InChI is InChI=1S/C19H23ClN2O4S/c1-4-22(5-2)27(24,25)18-12-15(11-10-14(18)3)21-19(23)13-26-17-9-7-6-8-16(17)20/h6-12H,4-5,13H2,1-3H3,(H,21,23). The lowest BCUT2D eigenvalue weighted by Crippen LogP contribution is -2.31. The monoisotopic (exact) mass is 410 g/mol. The van der Waals surface area contributed by atoms with Crippen molar-refractivity contribution in [3.63, 3.8) is 0 Å². The van der Waals surface area contributed by atoms with Crippen molar-refractivity contribution in [2.24, 2.45) is 0 Å². The van der Waals surface area contributed by atoms with E-state index in [9.17, 15) is 13.2 Å². The lowest BCUT2D eigenvalue weighted by Gasteiger charge is -2.20. The fraction of sp³-hybridized carbons (Fsp3) is 0.316. The highest BCUT2D eigenvalue weighted by molar-refractivity contribution is 7.89. The highest BCUT2D eigenvalue weighted by Gasteiger charge is 2.24. The zero-order chi connectivity index (χ0) is 20.0. The molecule has 27 heavy (non-hydrogen) atoms. The Morgan fingerprint density at radius 2 is 1.81 bits per heavy atom. The number of hydrogen-bond donors (Lipinski definition) is 1. The van der Waals surface area contributed by atoms with E-state index < -0.39 is 15.9 Å². The number of para-hydroxylation sites is 1. The molecule has 2 aromatic carbocycles. The van der Waals surface area contributed by atoms with Gasteiger partial charge in [0.1, 0.15) is 5.75 Å². The quantitative estimate of drug-likeness (QED) is 0.720. The number of rotatable bonds is 8. The summed E-state index contributed by atoms with van der Waals surface area (Å²) in [6.45, 7) is 5.81. The molecule has 0 aliphatic heterocycles. The number of hydrogen-bond acceptors (Lipinski definition) is 4. The Bertz CT molecular complexity index is 912. The van der Waals surface area contributed by atoms with Crippen LogP contribution in [0.3, 0.4) is 0 Å². The molecule has 146 valence electrons. The molecule has 0 radical (unpaired) electrons. The Labute approximate surface area is 165 Å². The normalized spacial score (nSPS) is 11.4. The number of benzene rings is 2. The van der Waals surface area contributed by atoms with Crippen LogP contribution in [0.4, 0.5) is 5.69 Å². The van der Waals surface area contributed by atoms with Crippen molar-refractivity contribution in [1.82, 2.24) is 4.31 Å². The number of anilines is 1. The minimum absolute atomic E-state index is 0.177. The van der Waals surface area contributed by atoms with E-state index >= 15 is 0 Å². The van der Waals surface area contributed by atoms with Gasteiger partial charge in [-0.05, 0) is 36.8 Å². The number of nitrogens with one attached hydrogen (secondary N) is 1. The molecule has 0 unspecified atom stereocenters. The average molecular weight is 411 g/mol. The molecule has 0 atom stereocenters. The van der Waals surface area contributed by atoms with Gasteiger partial charge in [-0.15, -0.1) is 0 Å². The lowest BCUT2D eigenvalue weighted by molar-refractivity contribution is -0.118. The number of halogens is 1. The van der Waals surface area contributed by atoms with E-state index in [-0.39, 0.29) is 11.5 Å². The molecule has 0 spiro atoms. The van der Waals surface area contributed by atoms with Gasteiger partial charge < -0.3 is 10.1 Å². The third kappa shape index (κ3) is 5.22. The van der Waals surface area contributed by atoms with Crippen molar-refractivity contribution in [3.8, 4) is 5.75 Å². The van der Waals surface area contributed by atoms with E-state index in [0.29, 0.717) is 35.1 Å². The van der Waals surface area contributed by atoms with Crippen LogP contribution in [0.25, 0.3) is 0 Å². The van der Waals surface area contributed by atoms with Crippen LogP contribution in [0, 0.1) is 6.92 Å². The van der Waals surface area contributed by atoms with E-state index in [1.165, 1.54) is 10.4 Å². The summed E-state index contributed by atoms with van der Waals surface area (Å²) < 4.78 is 32.3. The van der Waals surface area contributed by atoms with Crippen LogP contribution in [-0.2, 0) is 14.8 Å². The number of aryl methyl sites for hydroxylation is 1. The Hall–Kier alpha value is -2.09. The summed E-state index contributed by atoms with van der Waals surface area (Å²) in [5, 5.41) is 3.07. The van der Waals surface area contributed by atoms with E-state index in [1.54, 1.807) is 57.2 Å². The first-order chi connectivity index (χ1) is 12.8. The number of ether oxygens (including phenoxy) is 1. The van der Waals surface area contributed by atoms with Gasteiger partial charge in [-0.1, -0.05) is 43.6 Å². The zero-order valence-electron chi connectivity index (χ0n) is 15.5. The Kier molecular flexibility index (Phi) is 7.24. The molecule has 0 saturated heterocycles. The second-order valence-corrected chi connectivity index (χ2v) is 8.15. The topological polar surface area (TPSA) is 75.7 Å². The molecule has 1 amide bonds. The van der Waals surface area contributed by atoms with Gasteiger partial charge in [-0.25, -0.2) is 8.42 Å². The van der Waals surface area contributed by atoms with E-state index in [4.69, 9.17) is 16.3 Å². The van der Waals surface area contributed by atoms with Crippen molar-refractivity contribution in [3.05, 3.63) is 53.1 Å². The molecule has 0 aliphatic rings. The second-order valence-electron chi connectivity index (χ2n) is 5.84. The van der Waals surface area contributed by atoms with Gasteiger partial charge in [0.25, 0.3) is 5.91 Å². The highest BCUT2D eigenvalue weighted by atomic mass is 35.5. The molecule has 6 nitrogen and oxygen atoms in total. The number of carbonyl (C=O) groups excluding carboxylic acids is 1. The van der Waals surface area contributed by atoms with Crippen LogP contribution in [0.2, 0.25) is 5.02 Å². The van der Waals surface area contributed by atoms with Crippen LogP contribution < -0.4 is 10.1 Å². The van der Waals surface area contributed by atoms with Crippen LogP contribution in [0.5, 0.6) is 5.75 Å². The summed E-state index contributed by atoms with van der Waals surface area (Å²) >= 11 is 5.99. The maximum Gasteiger partial charge on any atom is 0.262 e. The third-order valence-corrected chi connectivity index (χ3v) is 6.49. The van der Waals surface area contributed by atoms with Crippen LogP contribution in [-0.4, -0.2) is 38.3 Å². The van der Waals surface area contributed by atoms with Gasteiger partial charge in [-0.2, -0.15) is 4.31 Å². The van der Waals surface area contributed by atoms with E-state index in [1.807, 2.05) is 0 Å². The van der Waals surface area contributed by atoms with Crippen LogP contribution in [0.15, 0.2) is 47.4 Å². The molecule has 2 aromatic rings. The highest BCUT2D eigenvalue weighted by Crippen LogP contribution is 2.25. The summed E-state index contributed by atoms with van der Waals surface area (Å²) in [6.07, 6.45) is 0.